The molecule has 0 aromatic heterocycles. The van der Waals surface area contributed by atoms with Gasteiger partial charge >= 0.3 is 0 Å². The Labute approximate surface area is 166 Å². The number of nitrogens with one attached hydrogen (secondary N) is 3. The molecule has 0 unspecified atom stereocenters. The minimum atomic E-state index is -1.80. The first-order chi connectivity index (χ1) is 11.8. The van der Waals surface area contributed by atoms with Crippen molar-refractivity contribution in [1.82, 2.24) is 10.6 Å². The van der Waals surface area contributed by atoms with Crippen molar-refractivity contribution < 1.29 is 4.79 Å². The molecule has 2 rings (SSSR count). The first kappa shape index (κ1) is 19.8. The van der Waals surface area contributed by atoms with Crippen molar-refractivity contribution in [2.75, 3.05) is 5.32 Å². The third-order valence-corrected chi connectivity index (χ3v) is 4.10. The van der Waals surface area contributed by atoms with Gasteiger partial charge in [0, 0.05) is 11.3 Å². The molecule has 2 aromatic carbocycles. The Balaban J connectivity index is 2.04. The highest BCUT2D eigenvalue weighted by Crippen LogP contribution is 2.29. The second-order valence-electron chi connectivity index (χ2n) is 5.28. The largest absolute Gasteiger partial charge is 0.339 e. The lowest BCUT2D eigenvalue weighted by Gasteiger charge is -2.27. The fourth-order valence-electron chi connectivity index (χ4n) is 1.94. The first-order valence-electron chi connectivity index (χ1n) is 7.32. The van der Waals surface area contributed by atoms with Gasteiger partial charge in [0.15, 0.2) is 5.11 Å². The van der Waals surface area contributed by atoms with E-state index < -0.39 is 9.96 Å². The average Bonchev–Trinajstić information content (AvgIpc) is 2.54. The van der Waals surface area contributed by atoms with Gasteiger partial charge < -0.3 is 16.0 Å². The van der Waals surface area contributed by atoms with E-state index in [1.165, 1.54) is 0 Å². The standard InChI is InChI=1S/C17H16Cl3N3OS/c1-11-7-9-12(10-8-11)14(24)22-15(17(18,19)20)23-16(25)21-13-5-3-2-4-6-13/h2-10,15H,1H3,(H,22,24)(H2,21,23,25)/t15-/m0/s1. The number of rotatable bonds is 4. The lowest BCUT2D eigenvalue weighted by Crippen LogP contribution is -2.56. The van der Waals surface area contributed by atoms with Crippen LogP contribution >= 0.6 is 47.0 Å². The van der Waals surface area contributed by atoms with Gasteiger partial charge in [-0.1, -0.05) is 70.7 Å². The van der Waals surface area contributed by atoms with Crippen LogP contribution in [0.4, 0.5) is 5.69 Å². The predicted octanol–water partition coefficient (Wildman–Crippen LogP) is 4.41. The summed E-state index contributed by atoms with van der Waals surface area (Å²) in [5, 5.41) is 8.62. The predicted molar refractivity (Wildman–Crippen MR) is 109 cm³/mol. The normalized spacial score (nSPS) is 12.2. The van der Waals surface area contributed by atoms with E-state index in [2.05, 4.69) is 16.0 Å². The Morgan fingerprint density at radius 2 is 1.60 bits per heavy atom. The molecule has 132 valence electrons. The molecule has 0 aliphatic carbocycles. The van der Waals surface area contributed by atoms with Gasteiger partial charge in [0.25, 0.3) is 5.91 Å². The molecule has 1 amide bonds. The van der Waals surface area contributed by atoms with Crippen molar-refractivity contribution in [1.29, 1.82) is 0 Å². The molecule has 0 saturated heterocycles. The maximum absolute atomic E-state index is 12.4. The number of halogens is 3. The van der Waals surface area contributed by atoms with Gasteiger partial charge in [-0.15, -0.1) is 0 Å². The molecule has 4 nitrogen and oxygen atoms in total. The molecule has 1 atom stereocenters. The molecule has 0 radical (unpaired) electrons. The number of hydrogen-bond donors (Lipinski definition) is 3. The summed E-state index contributed by atoms with van der Waals surface area (Å²) in [6.45, 7) is 1.93. The summed E-state index contributed by atoms with van der Waals surface area (Å²) in [6.07, 6.45) is -1.02. The summed E-state index contributed by atoms with van der Waals surface area (Å²) in [4.78, 5) is 12.4. The zero-order chi connectivity index (χ0) is 18.4. The van der Waals surface area contributed by atoms with E-state index in [9.17, 15) is 4.79 Å². The Morgan fingerprint density at radius 1 is 1.00 bits per heavy atom. The van der Waals surface area contributed by atoms with Gasteiger partial charge in [-0.05, 0) is 43.4 Å². The van der Waals surface area contributed by atoms with Crippen molar-refractivity contribution >= 4 is 63.7 Å². The molecule has 0 heterocycles. The number of carbonyl (C=O) groups is 1. The number of para-hydroxylation sites is 1. The van der Waals surface area contributed by atoms with Gasteiger partial charge in [0.2, 0.25) is 3.79 Å². The van der Waals surface area contributed by atoms with Crippen LogP contribution in [-0.2, 0) is 0 Å². The van der Waals surface area contributed by atoms with Gasteiger partial charge in [-0.25, -0.2) is 0 Å². The number of benzene rings is 2. The van der Waals surface area contributed by atoms with Gasteiger partial charge in [-0.3, -0.25) is 4.79 Å². The van der Waals surface area contributed by atoms with Crippen molar-refractivity contribution in [2.24, 2.45) is 0 Å². The highest BCUT2D eigenvalue weighted by molar-refractivity contribution is 7.80. The minimum absolute atomic E-state index is 0.215. The van der Waals surface area contributed by atoms with Crippen LogP contribution in [0, 0.1) is 6.92 Å². The van der Waals surface area contributed by atoms with Gasteiger partial charge in [0.05, 0.1) is 0 Å². The Morgan fingerprint density at radius 3 is 2.16 bits per heavy atom. The van der Waals surface area contributed by atoms with Crippen LogP contribution in [0.2, 0.25) is 0 Å². The molecule has 0 spiro atoms. The number of hydrogen-bond acceptors (Lipinski definition) is 2. The van der Waals surface area contributed by atoms with E-state index in [-0.39, 0.29) is 11.0 Å². The van der Waals surface area contributed by atoms with E-state index in [0.717, 1.165) is 11.3 Å². The number of amides is 1. The van der Waals surface area contributed by atoms with Crippen LogP contribution in [0.25, 0.3) is 0 Å². The third-order valence-electron chi connectivity index (χ3n) is 3.22. The van der Waals surface area contributed by atoms with Crippen LogP contribution in [0.15, 0.2) is 54.6 Å². The van der Waals surface area contributed by atoms with Crippen LogP contribution in [-0.4, -0.2) is 21.0 Å². The zero-order valence-electron chi connectivity index (χ0n) is 13.2. The van der Waals surface area contributed by atoms with E-state index in [1.54, 1.807) is 12.1 Å². The third kappa shape index (κ3) is 6.36. The molecule has 3 N–H and O–H groups in total. The second kappa shape index (κ2) is 8.72. The van der Waals surface area contributed by atoms with Gasteiger partial charge in [0.1, 0.15) is 6.17 Å². The molecule has 0 saturated carbocycles. The minimum Gasteiger partial charge on any atom is -0.339 e. The Hall–Kier alpha value is -1.53. The second-order valence-corrected chi connectivity index (χ2v) is 8.06. The molecular formula is C17H16Cl3N3OS. The summed E-state index contributed by atoms with van der Waals surface area (Å²) in [6, 6.07) is 16.3. The topological polar surface area (TPSA) is 53.2 Å². The van der Waals surface area contributed by atoms with Crippen LogP contribution in [0.3, 0.4) is 0 Å². The lowest BCUT2D eigenvalue weighted by molar-refractivity contribution is 0.0934. The summed E-state index contributed by atoms with van der Waals surface area (Å²) >= 11 is 23.1. The summed E-state index contributed by atoms with van der Waals surface area (Å²) in [5.41, 5.74) is 2.27. The molecule has 0 aliphatic rings. The number of thiocarbonyl (C=S) groups is 1. The van der Waals surface area contributed by atoms with Crippen LogP contribution in [0.1, 0.15) is 15.9 Å². The SMILES string of the molecule is Cc1ccc(C(=O)N[C@@H](NC(=S)Nc2ccccc2)C(Cl)(Cl)Cl)cc1. The van der Waals surface area contributed by atoms with E-state index in [0.29, 0.717) is 5.56 Å². The quantitative estimate of drug-likeness (QED) is 0.393. The fourth-order valence-corrected chi connectivity index (χ4v) is 2.50. The summed E-state index contributed by atoms with van der Waals surface area (Å²) < 4.78 is -1.80. The monoisotopic (exact) mass is 415 g/mol. The number of carbonyl (C=O) groups excluding carboxylic acids is 1. The number of aryl methyl sites for hydroxylation is 1. The average molecular weight is 417 g/mol. The highest BCUT2D eigenvalue weighted by atomic mass is 35.6. The number of anilines is 1. The van der Waals surface area contributed by atoms with Crippen molar-refractivity contribution in [3.05, 3.63) is 65.7 Å². The van der Waals surface area contributed by atoms with Gasteiger partial charge in [-0.2, -0.15) is 0 Å². The van der Waals surface area contributed by atoms with Crippen molar-refractivity contribution in [3.63, 3.8) is 0 Å². The van der Waals surface area contributed by atoms with E-state index >= 15 is 0 Å². The van der Waals surface area contributed by atoms with Crippen molar-refractivity contribution in [2.45, 2.75) is 16.9 Å². The molecule has 0 fully saturated rings. The smallest absolute Gasteiger partial charge is 0.252 e. The Bertz CT molecular complexity index is 733. The molecule has 8 heteroatoms. The molecular weight excluding hydrogens is 401 g/mol. The lowest BCUT2D eigenvalue weighted by atomic mass is 10.1. The number of alkyl halides is 3. The Kier molecular flexibility index (Phi) is 6.90. The van der Waals surface area contributed by atoms with E-state index in [4.69, 9.17) is 47.0 Å². The zero-order valence-corrected chi connectivity index (χ0v) is 16.3. The molecule has 2 aromatic rings. The van der Waals surface area contributed by atoms with Crippen molar-refractivity contribution in [3.8, 4) is 0 Å². The van der Waals surface area contributed by atoms with Crippen LogP contribution in [0.5, 0.6) is 0 Å². The molecule has 25 heavy (non-hydrogen) atoms. The molecule has 0 aliphatic heterocycles. The maximum atomic E-state index is 12.4. The first-order valence-corrected chi connectivity index (χ1v) is 8.87. The highest BCUT2D eigenvalue weighted by Gasteiger charge is 2.34. The van der Waals surface area contributed by atoms with E-state index in [1.807, 2.05) is 49.4 Å². The fraction of sp³-hybridized carbons (Fsp3) is 0.176. The summed E-state index contributed by atoms with van der Waals surface area (Å²) in [5.74, 6) is -0.383. The summed E-state index contributed by atoms with van der Waals surface area (Å²) in [7, 11) is 0. The molecule has 0 bridgehead atoms. The maximum Gasteiger partial charge on any atom is 0.252 e. The van der Waals surface area contributed by atoms with Crippen LogP contribution < -0.4 is 16.0 Å².